The van der Waals surface area contributed by atoms with Gasteiger partial charge in [0.05, 0.1) is 9.87 Å². The van der Waals surface area contributed by atoms with Crippen molar-refractivity contribution in [2.24, 2.45) is 0 Å². The first kappa shape index (κ1) is 22.8. The van der Waals surface area contributed by atoms with Crippen LogP contribution in [0.25, 0.3) is 15.7 Å². The molecule has 0 bridgehead atoms. The number of anilines is 1. The van der Waals surface area contributed by atoms with Gasteiger partial charge in [-0.2, -0.15) is 0 Å². The molecule has 1 unspecified atom stereocenters. The fourth-order valence-corrected chi connectivity index (χ4v) is 6.75. The van der Waals surface area contributed by atoms with Crippen LogP contribution in [0.3, 0.4) is 0 Å². The number of benzene rings is 2. The number of aryl methyl sites for hydroxylation is 1. The van der Waals surface area contributed by atoms with E-state index in [0.717, 1.165) is 46.4 Å². The zero-order valence-corrected chi connectivity index (χ0v) is 21.2. The van der Waals surface area contributed by atoms with Gasteiger partial charge in [-0.15, -0.1) is 11.3 Å². The third-order valence-corrected chi connectivity index (χ3v) is 8.85. The maximum absolute atomic E-state index is 6.62. The molecule has 0 aliphatic carbocycles. The molecule has 2 aliphatic heterocycles. The Kier molecular flexibility index (Phi) is 6.96. The fourth-order valence-electron chi connectivity index (χ4n) is 5.51. The largest absolute Gasteiger partial charge is 0.390 e. The summed E-state index contributed by atoms with van der Waals surface area (Å²) in [7, 11) is 0. The van der Waals surface area contributed by atoms with Gasteiger partial charge in [0.25, 0.3) is 0 Å². The van der Waals surface area contributed by atoms with E-state index in [9.17, 15) is 0 Å². The number of allylic oxidation sites excluding steroid dienone is 1. The van der Waals surface area contributed by atoms with E-state index in [0.29, 0.717) is 0 Å². The second-order valence-corrected chi connectivity index (χ2v) is 11.1. The van der Waals surface area contributed by atoms with Crippen molar-refractivity contribution in [3.05, 3.63) is 70.8 Å². The molecule has 5 rings (SSSR count). The van der Waals surface area contributed by atoms with Crippen LogP contribution in [-0.4, -0.2) is 28.9 Å². The van der Waals surface area contributed by atoms with E-state index in [1.54, 1.807) is 11.3 Å². The van der Waals surface area contributed by atoms with Crippen molar-refractivity contribution in [2.75, 3.05) is 18.8 Å². The van der Waals surface area contributed by atoms with Gasteiger partial charge >= 0.3 is 0 Å². The number of fused-ring (bicyclic) bond motifs is 2. The molecule has 33 heavy (non-hydrogen) atoms. The molecular formula is C29H34N2S2. The van der Waals surface area contributed by atoms with Crippen molar-refractivity contribution < 1.29 is 0 Å². The molecule has 2 N–H and O–H groups in total. The predicted molar refractivity (Wildman–Crippen MR) is 149 cm³/mol. The molecule has 1 aromatic heterocycles. The van der Waals surface area contributed by atoms with Crippen LogP contribution in [0, 0.1) is 0 Å². The van der Waals surface area contributed by atoms with Crippen molar-refractivity contribution in [1.29, 1.82) is 0 Å². The molecule has 2 aliphatic rings. The molecule has 1 fully saturated rings. The van der Waals surface area contributed by atoms with E-state index in [4.69, 9.17) is 18.0 Å². The number of nitrogens with zero attached hydrogens (tertiary/aromatic N) is 1. The van der Waals surface area contributed by atoms with E-state index in [-0.39, 0.29) is 0 Å². The Morgan fingerprint density at radius 1 is 1.12 bits per heavy atom. The SMILES string of the molecule is CCCCc1cccc(C(=S)c2ccc3sc(N)c(C4=CCN5CCCCC5CC4)c3c2)c1. The molecular weight excluding hydrogens is 440 g/mol. The van der Waals surface area contributed by atoms with Crippen LogP contribution in [0.5, 0.6) is 0 Å². The van der Waals surface area contributed by atoms with Gasteiger partial charge in [0.1, 0.15) is 0 Å². The summed E-state index contributed by atoms with van der Waals surface area (Å²) < 4.78 is 1.26. The lowest BCUT2D eigenvalue weighted by Gasteiger charge is -2.33. The fraction of sp³-hybridized carbons (Fsp3) is 0.414. The van der Waals surface area contributed by atoms with Crippen LogP contribution in [-0.2, 0) is 6.42 Å². The standard InChI is InChI=1S/C29H34N2S2/c1-2-3-7-20-8-6-9-22(18-20)28(32)23-12-14-26-25(19-23)27(29(30)33-26)21-11-13-24-10-4-5-16-31(24)17-15-21/h6,8-9,12,14-15,18-19,24H,2-5,7,10-11,13,16-17,30H2,1H3. The number of hydrogen-bond acceptors (Lipinski definition) is 4. The number of piperidine rings is 1. The van der Waals surface area contributed by atoms with Gasteiger partial charge in [-0.25, -0.2) is 0 Å². The van der Waals surface area contributed by atoms with Crippen molar-refractivity contribution in [3.8, 4) is 0 Å². The van der Waals surface area contributed by atoms with Gasteiger partial charge in [0, 0.05) is 28.2 Å². The molecule has 3 aromatic rings. The first-order chi connectivity index (χ1) is 16.1. The summed E-state index contributed by atoms with van der Waals surface area (Å²) in [5.74, 6) is 0. The highest BCUT2D eigenvalue weighted by Gasteiger charge is 2.25. The van der Waals surface area contributed by atoms with Crippen molar-refractivity contribution in [2.45, 2.75) is 64.3 Å². The van der Waals surface area contributed by atoms with Gasteiger partial charge in [-0.1, -0.05) is 68.4 Å². The highest BCUT2D eigenvalue weighted by molar-refractivity contribution is 7.81. The van der Waals surface area contributed by atoms with Crippen molar-refractivity contribution in [3.63, 3.8) is 0 Å². The molecule has 172 valence electrons. The summed E-state index contributed by atoms with van der Waals surface area (Å²) in [6.07, 6.45) is 12.4. The van der Waals surface area contributed by atoms with Crippen LogP contribution in [0.15, 0.2) is 48.5 Å². The second kappa shape index (κ2) is 10.1. The molecule has 0 amide bonds. The van der Waals surface area contributed by atoms with E-state index >= 15 is 0 Å². The molecule has 1 saturated heterocycles. The molecule has 1 atom stereocenters. The van der Waals surface area contributed by atoms with Crippen LogP contribution in [0.4, 0.5) is 5.00 Å². The normalized spacial score (nSPS) is 19.2. The Hall–Kier alpha value is -2.01. The minimum atomic E-state index is 0.738. The maximum Gasteiger partial charge on any atom is 0.0945 e. The zero-order chi connectivity index (χ0) is 22.8. The lowest BCUT2D eigenvalue weighted by atomic mass is 9.94. The minimum Gasteiger partial charge on any atom is -0.390 e. The molecule has 0 spiro atoms. The maximum atomic E-state index is 6.62. The lowest BCUT2D eigenvalue weighted by Crippen LogP contribution is -2.38. The summed E-state index contributed by atoms with van der Waals surface area (Å²) in [5, 5.41) is 2.21. The Morgan fingerprint density at radius 2 is 2.00 bits per heavy atom. The second-order valence-electron chi connectivity index (χ2n) is 9.60. The Morgan fingerprint density at radius 3 is 2.88 bits per heavy atom. The minimum absolute atomic E-state index is 0.738. The number of thiocarbonyl (C=S) groups is 1. The number of rotatable bonds is 6. The smallest absolute Gasteiger partial charge is 0.0945 e. The summed E-state index contributed by atoms with van der Waals surface area (Å²) in [4.78, 5) is 3.60. The van der Waals surface area contributed by atoms with E-state index < -0.39 is 0 Å². The molecule has 3 heterocycles. The zero-order valence-electron chi connectivity index (χ0n) is 19.6. The van der Waals surface area contributed by atoms with Gasteiger partial charge in [0.2, 0.25) is 0 Å². The Labute approximate surface area is 207 Å². The molecule has 2 nitrogen and oxygen atoms in total. The lowest BCUT2D eigenvalue weighted by molar-refractivity contribution is 0.161. The number of thiophene rings is 1. The number of hydrogen-bond donors (Lipinski definition) is 1. The Balaban J connectivity index is 1.47. The molecule has 0 saturated carbocycles. The number of unbranched alkanes of at least 4 members (excludes halogenated alkanes) is 1. The van der Waals surface area contributed by atoms with Gasteiger partial charge in [0.15, 0.2) is 0 Å². The summed E-state index contributed by atoms with van der Waals surface area (Å²) in [5.41, 5.74) is 12.9. The monoisotopic (exact) mass is 474 g/mol. The van der Waals surface area contributed by atoms with Crippen LogP contribution >= 0.6 is 23.6 Å². The van der Waals surface area contributed by atoms with Crippen molar-refractivity contribution >= 4 is 49.1 Å². The third-order valence-electron chi connectivity index (χ3n) is 7.37. The van der Waals surface area contributed by atoms with E-state index in [1.807, 2.05) is 0 Å². The average Bonchev–Trinajstić information content (AvgIpc) is 3.03. The van der Waals surface area contributed by atoms with Crippen LogP contribution in [0.2, 0.25) is 0 Å². The Bertz CT molecular complexity index is 1190. The highest BCUT2D eigenvalue weighted by atomic mass is 32.1. The summed E-state index contributed by atoms with van der Waals surface area (Å²) >= 11 is 7.68. The molecule has 4 heteroatoms. The van der Waals surface area contributed by atoms with Gasteiger partial charge in [-0.05, 0) is 79.5 Å². The average molecular weight is 475 g/mol. The van der Waals surface area contributed by atoms with Crippen molar-refractivity contribution in [1.82, 2.24) is 4.90 Å². The quantitative estimate of drug-likeness (QED) is 0.294. The highest BCUT2D eigenvalue weighted by Crippen LogP contribution is 2.42. The third kappa shape index (κ3) is 4.80. The topological polar surface area (TPSA) is 29.3 Å². The van der Waals surface area contributed by atoms with E-state index in [1.165, 1.54) is 71.9 Å². The van der Waals surface area contributed by atoms with Crippen LogP contribution in [0.1, 0.15) is 74.1 Å². The summed E-state index contributed by atoms with van der Waals surface area (Å²) in [6.45, 7) is 4.53. The first-order valence-electron chi connectivity index (χ1n) is 12.5. The van der Waals surface area contributed by atoms with E-state index in [2.05, 4.69) is 60.4 Å². The predicted octanol–water partition coefficient (Wildman–Crippen LogP) is 7.62. The number of nitrogens with two attached hydrogens (primary N) is 1. The van der Waals surface area contributed by atoms with Gasteiger partial charge in [-0.3, -0.25) is 4.90 Å². The molecule has 0 radical (unpaired) electrons. The van der Waals surface area contributed by atoms with Gasteiger partial charge < -0.3 is 5.73 Å². The van der Waals surface area contributed by atoms with Crippen LogP contribution < -0.4 is 5.73 Å². The summed E-state index contributed by atoms with van der Waals surface area (Å²) in [6, 6.07) is 16.2. The first-order valence-corrected chi connectivity index (χ1v) is 13.8. The number of nitrogen functional groups attached to an aromatic ring is 1. The molecule has 2 aromatic carbocycles.